The SMILES string of the molecule is COc1ccc(CCc2ccc(F)c(-n3c(=O)[nH]c4csc(C(=O)O)c4c3=O)c2)cc1. The first kappa shape index (κ1) is 20.5. The monoisotopic (exact) mass is 440 g/mol. The van der Waals surface area contributed by atoms with Crippen LogP contribution in [0.2, 0.25) is 0 Å². The molecule has 31 heavy (non-hydrogen) atoms. The number of hydrogen-bond acceptors (Lipinski definition) is 5. The molecule has 2 aromatic heterocycles. The van der Waals surface area contributed by atoms with Crippen LogP contribution in [-0.4, -0.2) is 27.7 Å². The van der Waals surface area contributed by atoms with E-state index in [1.807, 2.05) is 24.3 Å². The number of aromatic carboxylic acids is 1. The molecule has 0 radical (unpaired) electrons. The van der Waals surface area contributed by atoms with Gasteiger partial charge in [0.1, 0.15) is 16.4 Å². The third-order valence-electron chi connectivity index (χ3n) is 4.96. The van der Waals surface area contributed by atoms with Crippen molar-refractivity contribution in [3.63, 3.8) is 0 Å². The van der Waals surface area contributed by atoms with Gasteiger partial charge < -0.3 is 14.8 Å². The van der Waals surface area contributed by atoms with Crippen LogP contribution in [0.4, 0.5) is 4.39 Å². The summed E-state index contributed by atoms with van der Waals surface area (Å²) in [7, 11) is 1.59. The molecule has 0 saturated heterocycles. The van der Waals surface area contributed by atoms with Gasteiger partial charge in [-0.15, -0.1) is 11.3 Å². The number of aromatic nitrogens is 2. The topological polar surface area (TPSA) is 101 Å². The summed E-state index contributed by atoms with van der Waals surface area (Å²) < 4.78 is 20.4. The normalized spacial score (nSPS) is 11.0. The van der Waals surface area contributed by atoms with Gasteiger partial charge in [0.05, 0.1) is 23.7 Å². The maximum atomic E-state index is 14.6. The first-order valence-electron chi connectivity index (χ1n) is 9.30. The maximum Gasteiger partial charge on any atom is 0.346 e. The molecule has 0 saturated carbocycles. The molecular formula is C22H17FN2O5S. The fourth-order valence-electron chi connectivity index (χ4n) is 3.38. The molecule has 0 aliphatic carbocycles. The average molecular weight is 440 g/mol. The highest BCUT2D eigenvalue weighted by Gasteiger charge is 2.20. The highest BCUT2D eigenvalue weighted by atomic mass is 32.1. The number of fused-ring (bicyclic) bond motifs is 1. The maximum absolute atomic E-state index is 14.6. The Balaban J connectivity index is 1.74. The number of aromatic amines is 1. The number of nitrogens with one attached hydrogen (secondary N) is 1. The number of rotatable bonds is 6. The fourth-order valence-corrected chi connectivity index (χ4v) is 4.21. The third kappa shape index (κ3) is 3.87. The summed E-state index contributed by atoms with van der Waals surface area (Å²) in [5.74, 6) is -1.30. The van der Waals surface area contributed by atoms with Crippen molar-refractivity contribution in [2.45, 2.75) is 12.8 Å². The summed E-state index contributed by atoms with van der Waals surface area (Å²) in [6.45, 7) is 0. The molecule has 0 aliphatic rings. The molecule has 4 rings (SSSR count). The number of methoxy groups -OCH3 is 1. The van der Waals surface area contributed by atoms with Crippen molar-refractivity contribution in [3.8, 4) is 11.4 Å². The standard InChI is InChI=1S/C22H17FN2O5S/c1-30-14-7-4-12(5-8-14)2-3-13-6-9-15(23)17(10-13)25-20(26)18-16(24-22(25)29)11-31-19(18)21(27)28/h4-11H,2-3H2,1H3,(H,24,29)(H,27,28). The molecule has 7 nitrogen and oxygen atoms in total. The Morgan fingerprint density at radius 2 is 1.81 bits per heavy atom. The Kier molecular flexibility index (Phi) is 5.43. The van der Waals surface area contributed by atoms with Crippen LogP contribution >= 0.6 is 11.3 Å². The van der Waals surface area contributed by atoms with Crippen molar-refractivity contribution in [1.82, 2.24) is 9.55 Å². The van der Waals surface area contributed by atoms with E-state index in [2.05, 4.69) is 4.98 Å². The number of benzene rings is 2. The zero-order valence-corrected chi connectivity index (χ0v) is 17.2. The van der Waals surface area contributed by atoms with E-state index in [0.717, 1.165) is 28.2 Å². The molecule has 4 aromatic rings. The van der Waals surface area contributed by atoms with Crippen molar-refractivity contribution in [2.75, 3.05) is 7.11 Å². The van der Waals surface area contributed by atoms with Crippen molar-refractivity contribution < 1.29 is 19.0 Å². The number of aryl methyl sites for hydroxylation is 2. The highest BCUT2D eigenvalue weighted by Crippen LogP contribution is 2.22. The van der Waals surface area contributed by atoms with Crippen LogP contribution < -0.4 is 16.0 Å². The van der Waals surface area contributed by atoms with E-state index < -0.39 is 23.0 Å². The van der Waals surface area contributed by atoms with Crippen LogP contribution in [0.25, 0.3) is 16.6 Å². The lowest BCUT2D eigenvalue weighted by Crippen LogP contribution is -2.34. The third-order valence-corrected chi connectivity index (χ3v) is 5.93. The van der Waals surface area contributed by atoms with Crippen LogP contribution in [0, 0.1) is 5.82 Å². The van der Waals surface area contributed by atoms with Gasteiger partial charge in [0.2, 0.25) is 0 Å². The quantitative estimate of drug-likeness (QED) is 0.479. The molecule has 0 bridgehead atoms. The van der Waals surface area contributed by atoms with E-state index in [4.69, 9.17) is 4.74 Å². The highest BCUT2D eigenvalue weighted by molar-refractivity contribution is 7.13. The molecule has 0 spiro atoms. The number of halogens is 1. The average Bonchev–Trinajstić information content (AvgIpc) is 3.18. The second-order valence-corrected chi connectivity index (χ2v) is 7.74. The lowest BCUT2D eigenvalue weighted by Gasteiger charge is -2.10. The number of ether oxygens (including phenoxy) is 1. The van der Waals surface area contributed by atoms with Gasteiger partial charge in [-0.1, -0.05) is 18.2 Å². The molecule has 0 fully saturated rings. The minimum absolute atomic E-state index is 0.115. The smallest absolute Gasteiger partial charge is 0.346 e. The second-order valence-electron chi connectivity index (χ2n) is 6.86. The minimum Gasteiger partial charge on any atom is -0.497 e. The summed E-state index contributed by atoms with van der Waals surface area (Å²) >= 11 is 0.828. The van der Waals surface area contributed by atoms with E-state index in [0.29, 0.717) is 17.4 Å². The van der Waals surface area contributed by atoms with Crippen molar-refractivity contribution in [3.05, 3.63) is 90.5 Å². The Morgan fingerprint density at radius 3 is 2.48 bits per heavy atom. The second kappa shape index (κ2) is 8.19. The fraction of sp³-hybridized carbons (Fsp3) is 0.136. The number of hydrogen-bond donors (Lipinski definition) is 2. The molecule has 2 heterocycles. The van der Waals surface area contributed by atoms with Crippen LogP contribution in [-0.2, 0) is 12.8 Å². The van der Waals surface area contributed by atoms with Crippen LogP contribution in [0.15, 0.2) is 57.4 Å². The number of carboxylic acids is 1. The summed E-state index contributed by atoms with van der Waals surface area (Å²) in [6, 6.07) is 11.8. The van der Waals surface area contributed by atoms with Gasteiger partial charge in [-0.25, -0.2) is 18.5 Å². The largest absolute Gasteiger partial charge is 0.497 e. The molecular weight excluding hydrogens is 423 g/mol. The van der Waals surface area contributed by atoms with E-state index in [1.54, 1.807) is 13.2 Å². The summed E-state index contributed by atoms with van der Waals surface area (Å²) in [5.41, 5.74) is -0.0374. The van der Waals surface area contributed by atoms with Crippen molar-refractivity contribution >= 4 is 28.2 Å². The van der Waals surface area contributed by atoms with Gasteiger partial charge in [-0.3, -0.25) is 4.79 Å². The predicted molar refractivity (Wildman–Crippen MR) is 115 cm³/mol. The van der Waals surface area contributed by atoms with Gasteiger partial charge in [0, 0.05) is 5.38 Å². The van der Waals surface area contributed by atoms with Crippen molar-refractivity contribution in [1.29, 1.82) is 0 Å². The predicted octanol–water partition coefficient (Wildman–Crippen LogP) is 3.37. The van der Waals surface area contributed by atoms with Gasteiger partial charge in [-0.05, 0) is 48.2 Å². The minimum atomic E-state index is -1.29. The number of carbonyl (C=O) groups is 1. The van der Waals surface area contributed by atoms with Gasteiger partial charge in [0.15, 0.2) is 0 Å². The zero-order chi connectivity index (χ0) is 22.1. The summed E-state index contributed by atoms with van der Waals surface area (Å²) in [5, 5.41) is 10.6. The molecule has 9 heteroatoms. The lowest BCUT2D eigenvalue weighted by molar-refractivity contribution is 0.0704. The molecule has 0 aliphatic heterocycles. The zero-order valence-electron chi connectivity index (χ0n) is 16.3. The number of thiophene rings is 1. The van der Waals surface area contributed by atoms with Gasteiger partial charge in [0.25, 0.3) is 5.56 Å². The van der Waals surface area contributed by atoms with E-state index in [1.165, 1.54) is 17.5 Å². The van der Waals surface area contributed by atoms with E-state index in [-0.39, 0.29) is 21.5 Å². The Labute approximate surface area is 179 Å². The number of carboxylic acid groups (broad SMARTS) is 1. The first-order chi connectivity index (χ1) is 14.9. The molecule has 2 N–H and O–H groups in total. The first-order valence-corrected chi connectivity index (χ1v) is 10.2. The lowest BCUT2D eigenvalue weighted by atomic mass is 10.0. The van der Waals surface area contributed by atoms with Crippen LogP contribution in [0.3, 0.4) is 0 Å². The Morgan fingerprint density at radius 1 is 1.13 bits per heavy atom. The van der Waals surface area contributed by atoms with E-state index in [9.17, 15) is 23.9 Å². The summed E-state index contributed by atoms with van der Waals surface area (Å²) in [4.78, 5) is 39.2. The molecule has 2 aromatic carbocycles. The molecule has 0 atom stereocenters. The molecule has 0 unspecified atom stereocenters. The summed E-state index contributed by atoms with van der Waals surface area (Å²) in [6.07, 6.45) is 1.21. The Bertz CT molecular complexity index is 1400. The number of H-pyrrole nitrogens is 1. The van der Waals surface area contributed by atoms with Gasteiger partial charge >= 0.3 is 11.7 Å². The van der Waals surface area contributed by atoms with E-state index >= 15 is 0 Å². The Hall–Kier alpha value is -3.72. The molecule has 158 valence electrons. The van der Waals surface area contributed by atoms with Gasteiger partial charge in [-0.2, -0.15) is 0 Å². The van der Waals surface area contributed by atoms with Crippen molar-refractivity contribution in [2.24, 2.45) is 0 Å². The number of nitrogens with zero attached hydrogens (tertiary/aromatic N) is 1. The van der Waals surface area contributed by atoms with Crippen LogP contribution in [0.1, 0.15) is 20.8 Å². The van der Waals surface area contributed by atoms with Crippen LogP contribution in [0.5, 0.6) is 5.75 Å². The molecule has 0 amide bonds.